The van der Waals surface area contributed by atoms with E-state index in [1.807, 2.05) is 6.92 Å². The molecule has 2 aromatic rings. The van der Waals surface area contributed by atoms with Gasteiger partial charge in [0.1, 0.15) is 18.1 Å². The van der Waals surface area contributed by atoms with Gasteiger partial charge in [0, 0.05) is 31.2 Å². The van der Waals surface area contributed by atoms with E-state index in [2.05, 4.69) is 20.4 Å². The van der Waals surface area contributed by atoms with E-state index in [-0.39, 0.29) is 24.0 Å². The first-order valence-electron chi connectivity index (χ1n) is 7.22. The molecule has 0 aliphatic heterocycles. The van der Waals surface area contributed by atoms with E-state index in [4.69, 9.17) is 10.3 Å². The monoisotopic (exact) mass is 351 g/mol. The lowest BCUT2D eigenvalue weighted by Crippen LogP contribution is -2.10. The van der Waals surface area contributed by atoms with Crippen LogP contribution in [-0.2, 0) is 5.92 Å². The molecule has 0 amide bonds. The summed E-state index contributed by atoms with van der Waals surface area (Å²) in [6.07, 6.45) is 4.45. The predicted molar refractivity (Wildman–Crippen MR) is 85.1 cm³/mol. The van der Waals surface area contributed by atoms with Crippen LogP contribution >= 0.6 is 0 Å². The third kappa shape index (κ3) is 5.27. The lowest BCUT2D eigenvalue weighted by Gasteiger charge is -2.13. The Balaban J connectivity index is 2.05. The van der Waals surface area contributed by atoms with Gasteiger partial charge in [-0.15, -0.1) is 0 Å². The third-order valence-electron chi connectivity index (χ3n) is 3.09. The number of nitrogens with one attached hydrogen (secondary N) is 2. The average molecular weight is 351 g/mol. The van der Waals surface area contributed by atoms with Gasteiger partial charge in [-0.25, -0.2) is 28.7 Å². The number of hydrogen-bond donors (Lipinski definition) is 2. The van der Waals surface area contributed by atoms with Crippen LogP contribution in [0.25, 0.3) is 0 Å². The van der Waals surface area contributed by atoms with Gasteiger partial charge in [-0.1, -0.05) is 0 Å². The van der Waals surface area contributed by atoms with Gasteiger partial charge in [-0.3, -0.25) is 0 Å². The fourth-order valence-corrected chi connectivity index (χ4v) is 1.82. The number of rotatable bonds is 7. The SMILES string of the molecule is Cc1cnc(OC/C(=C/Nc2ccc(F)c(C(C)(F)F)c2)N=N)nc1. The van der Waals surface area contributed by atoms with Gasteiger partial charge in [0.05, 0.1) is 5.56 Å². The van der Waals surface area contributed by atoms with E-state index in [9.17, 15) is 13.2 Å². The Morgan fingerprint density at radius 1 is 1.36 bits per heavy atom. The fourth-order valence-electron chi connectivity index (χ4n) is 1.82. The number of alkyl halides is 2. The van der Waals surface area contributed by atoms with Crippen molar-refractivity contribution in [2.24, 2.45) is 5.11 Å². The summed E-state index contributed by atoms with van der Waals surface area (Å²) in [5.41, 5.74) is 7.66. The minimum atomic E-state index is -3.31. The van der Waals surface area contributed by atoms with Crippen molar-refractivity contribution in [3.05, 3.63) is 59.4 Å². The lowest BCUT2D eigenvalue weighted by atomic mass is 10.1. The van der Waals surface area contributed by atoms with Crippen molar-refractivity contribution in [1.29, 1.82) is 5.53 Å². The van der Waals surface area contributed by atoms with E-state index < -0.39 is 17.3 Å². The minimum Gasteiger partial charge on any atom is -0.457 e. The smallest absolute Gasteiger partial charge is 0.316 e. The zero-order valence-electron chi connectivity index (χ0n) is 13.6. The Morgan fingerprint density at radius 3 is 2.64 bits per heavy atom. The van der Waals surface area contributed by atoms with Gasteiger partial charge >= 0.3 is 6.01 Å². The van der Waals surface area contributed by atoms with Crippen molar-refractivity contribution in [3.8, 4) is 6.01 Å². The number of ether oxygens (including phenoxy) is 1. The summed E-state index contributed by atoms with van der Waals surface area (Å²) in [6, 6.07) is 3.36. The Bertz CT molecular complexity index is 772. The van der Waals surface area contributed by atoms with E-state index in [1.165, 1.54) is 12.3 Å². The van der Waals surface area contributed by atoms with Crippen LogP contribution in [0.3, 0.4) is 0 Å². The molecule has 0 aliphatic rings. The van der Waals surface area contributed by atoms with Crippen LogP contribution in [0.1, 0.15) is 18.1 Å². The first-order valence-corrected chi connectivity index (χ1v) is 7.22. The molecule has 1 aromatic carbocycles. The molecule has 25 heavy (non-hydrogen) atoms. The first-order chi connectivity index (χ1) is 11.8. The van der Waals surface area contributed by atoms with Crippen molar-refractivity contribution in [2.45, 2.75) is 19.8 Å². The van der Waals surface area contributed by atoms with Crippen LogP contribution in [0.4, 0.5) is 18.9 Å². The van der Waals surface area contributed by atoms with Gasteiger partial charge in [0.25, 0.3) is 5.92 Å². The van der Waals surface area contributed by atoms with Crippen molar-refractivity contribution < 1.29 is 17.9 Å². The molecule has 6 nitrogen and oxygen atoms in total. The molecule has 1 heterocycles. The van der Waals surface area contributed by atoms with E-state index in [1.54, 1.807) is 12.4 Å². The van der Waals surface area contributed by atoms with Crippen LogP contribution in [-0.4, -0.2) is 16.6 Å². The van der Waals surface area contributed by atoms with Crippen LogP contribution in [0, 0.1) is 18.3 Å². The molecule has 1 aromatic heterocycles. The highest BCUT2D eigenvalue weighted by molar-refractivity contribution is 5.49. The van der Waals surface area contributed by atoms with Crippen molar-refractivity contribution >= 4 is 5.69 Å². The highest BCUT2D eigenvalue weighted by Crippen LogP contribution is 2.31. The average Bonchev–Trinajstić information content (AvgIpc) is 2.57. The number of benzene rings is 1. The second-order valence-electron chi connectivity index (χ2n) is 5.31. The Labute approximate surface area is 142 Å². The normalized spacial score (nSPS) is 12.0. The molecular weight excluding hydrogens is 335 g/mol. The molecule has 0 atom stereocenters. The maximum absolute atomic E-state index is 13.5. The topological polar surface area (TPSA) is 83.2 Å². The molecule has 0 radical (unpaired) electrons. The van der Waals surface area contributed by atoms with E-state index in [0.29, 0.717) is 6.92 Å². The van der Waals surface area contributed by atoms with Crippen molar-refractivity contribution in [1.82, 2.24) is 9.97 Å². The largest absolute Gasteiger partial charge is 0.457 e. The van der Waals surface area contributed by atoms with Crippen molar-refractivity contribution in [2.75, 3.05) is 11.9 Å². The maximum Gasteiger partial charge on any atom is 0.316 e. The summed E-state index contributed by atoms with van der Waals surface area (Å²) in [4.78, 5) is 7.88. The third-order valence-corrected chi connectivity index (χ3v) is 3.09. The molecule has 0 bridgehead atoms. The molecule has 2 N–H and O–H groups in total. The summed E-state index contributed by atoms with van der Waals surface area (Å²) in [6.45, 7) is 2.34. The molecule has 0 spiro atoms. The summed E-state index contributed by atoms with van der Waals surface area (Å²) in [5, 5.41) is 5.95. The summed E-state index contributed by atoms with van der Waals surface area (Å²) < 4.78 is 45.4. The van der Waals surface area contributed by atoms with Gasteiger partial charge < -0.3 is 10.1 Å². The van der Waals surface area contributed by atoms with Gasteiger partial charge in [-0.05, 0) is 30.7 Å². The fraction of sp³-hybridized carbons (Fsp3) is 0.250. The van der Waals surface area contributed by atoms with Crippen LogP contribution < -0.4 is 10.1 Å². The molecule has 0 fully saturated rings. The minimum absolute atomic E-state index is 0.0997. The number of aromatic nitrogens is 2. The van der Waals surface area contributed by atoms with Gasteiger partial charge in [0.15, 0.2) is 0 Å². The number of halogens is 3. The summed E-state index contributed by atoms with van der Waals surface area (Å²) >= 11 is 0. The number of anilines is 1. The zero-order chi connectivity index (χ0) is 18.4. The Kier molecular flexibility index (Phi) is 5.68. The van der Waals surface area contributed by atoms with Crippen LogP contribution in [0.5, 0.6) is 6.01 Å². The standard InChI is InChI=1S/C16H16F3N5O/c1-10-6-22-15(23-7-10)25-9-12(24-20)8-21-11-3-4-14(17)13(5-11)16(2,18)19/h3-8,20-21H,9H2,1-2H3/b12-8-,24-20?. The molecular formula is C16H16F3N5O. The molecule has 2 rings (SSSR count). The number of nitrogens with zero attached hydrogens (tertiary/aromatic N) is 3. The van der Waals surface area contributed by atoms with E-state index >= 15 is 0 Å². The number of hydrogen-bond acceptors (Lipinski definition) is 6. The molecule has 0 unspecified atom stereocenters. The van der Waals surface area contributed by atoms with Crippen LogP contribution in [0.15, 0.2) is 47.6 Å². The van der Waals surface area contributed by atoms with Crippen molar-refractivity contribution in [3.63, 3.8) is 0 Å². The highest BCUT2D eigenvalue weighted by Gasteiger charge is 2.28. The molecule has 0 aliphatic carbocycles. The Morgan fingerprint density at radius 2 is 2.04 bits per heavy atom. The maximum atomic E-state index is 13.5. The second-order valence-corrected chi connectivity index (χ2v) is 5.31. The summed E-state index contributed by atoms with van der Waals surface area (Å²) in [5.74, 6) is -4.30. The van der Waals surface area contributed by atoms with Gasteiger partial charge in [-0.2, -0.15) is 5.11 Å². The van der Waals surface area contributed by atoms with Gasteiger partial charge in [0.2, 0.25) is 0 Å². The van der Waals surface area contributed by atoms with Crippen LogP contribution in [0.2, 0.25) is 0 Å². The second kappa shape index (κ2) is 7.73. The number of aryl methyl sites for hydroxylation is 1. The quantitative estimate of drug-likeness (QED) is 0.724. The molecule has 9 heteroatoms. The first kappa shape index (κ1) is 18.4. The highest BCUT2D eigenvalue weighted by atomic mass is 19.3. The van der Waals surface area contributed by atoms with E-state index in [0.717, 1.165) is 17.7 Å². The molecule has 0 saturated carbocycles. The zero-order valence-corrected chi connectivity index (χ0v) is 13.6. The lowest BCUT2D eigenvalue weighted by molar-refractivity contribution is 0.0138. The predicted octanol–water partition coefficient (Wildman–Crippen LogP) is 4.40. The summed E-state index contributed by atoms with van der Waals surface area (Å²) in [7, 11) is 0. The molecule has 132 valence electrons. The Hall–Kier alpha value is -2.97. The molecule has 0 saturated heterocycles.